The molecule has 0 aliphatic carbocycles. The van der Waals surface area contributed by atoms with E-state index in [4.69, 9.17) is 4.74 Å². The van der Waals surface area contributed by atoms with Crippen LogP contribution in [-0.4, -0.2) is 48.3 Å². The fourth-order valence-corrected chi connectivity index (χ4v) is 1.93. The summed E-state index contributed by atoms with van der Waals surface area (Å²) >= 11 is 0. The van der Waals surface area contributed by atoms with Crippen molar-refractivity contribution in [2.75, 3.05) is 26.2 Å². The van der Waals surface area contributed by atoms with Gasteiger partial charge in [-0.15, -0.1) is 0 Å². The number of aliphatic hydroxyl groups is 1. The molecule has 1 rings (SSSR count). The van der Waals surface area contributed by atoms with E-state index in [1.807, 2.05) is 6.92 Å². The van der Waals surface area contributed by atoms with E-state index in [-0.39, 0.29) is 18.8 Å². The maximum absolute atomic E-state index is 10.6. The number of nitro groups is 1. The average molecular weight is 352 g/mol. The first-order valence-corrected chi connectivity index (χ1v) is 8.49. The number of non-ortho nitro benzene ring substituents is 1. The van der Waals surface area contributed by atoms with Gasteiger partial charge in [-0.25, -0.2) is 0 Å². The van der Waals surface area contributed by atoms with Gasteiger partial charge in [0.05, 0.1) is 11.5 Å². The second kappa shape index (κ2) is 11.2. The molecule has 0 amide bonds. The monoisotopic (exact) mass is 352 g/mol. The molecule has 8 nitrogen and oxygen atoms in total. The largest absolute Gasteiger partial charge is 0.491 e. The predicted molar refractivity (Wildman–Crippen MR) is 98.0 cm³/mol. The van der Waals surface area contributed by atoms with Gasteiger partial charge in [0.2, 0.25) is 0 Å². The summed E-state index contributed by atoms with van der Waals surface area (Å²) in [6, 6.07) is 5.74. The van der Waals surface area contributed by atoms with Crippen molar-refractivity contribution in [2.24, 2.45) is 10.9 Å². The number of nitro benzene ring substituents is 1. The molecule has 0 aromatic heterocycles. The van der Waals surface area contributed by atoms with Crippen molar-refractivity contribution in [3.8, 4) is 5.75 Å². The number of benzene rings is 1. The highest BCUT2D eigenvalue weighted by Crippen LogP contribution is 2.17. The zero-order chi connectivity index (χ0) is 18.7. The molecule has 0 bridgehead atoms. The van der Waals surface area contributed by atoms with Crippen molar-refractivity contribution in [3.05, 3.63) is 34.4 Å². The van der Waals surface area contributed by atoms with E-state index in [0.29, 0.717) is 17.6 Å². The molecule has 0 spiro atoms. The molecule has 1 unspecified atom stereocenters. The smallest absolute Gasteiger partial charge is 0.269 e. The lowest BCUT2D eigenvalue weighted by molar-refractivity contribution is -0.384. The van der Waals surface area contributed by atoms with Gasteiger partial charge >= 0.3 is 0 Å². The molecule has 0 aliphatic heterocycles. The van der Waals surface area contributed by atoms with Crippen LogP contribution in [0.1, 0.15) is 27.2 Å². The van der Waals surface area contributed by atoms with Crippen LogP contribution in [0.25, 0.3) is 0 Å². The molecule has 140 valence electrons. The van der Waals surface area contributed by atoms with E-state index < -0.39 is 11.0 Å². The minimum Gasteiger partial charge on any atom is -0.491 e. The van der Waals surface area contributed by atoms with Gasteiger partial charge < -0.3 is 20.5 Å². The van der Waals surface area contributed by atoms with Crippen LogP contribution in [0.4, 0.5) is 5.69 Å². The molecule has 0 fully saturated rings. The van der Waals surface area contributed by atoms with Gasteiger partial charge in [0.1, 0.15) is 18.5 Å². The first kappa shape index (κ1) is 20.7. The Bertz CT molecular complexity index is 546. The number of aliphatic hydroxyl groups excluding tert-OH is 1. The highest BCUT2D eigenvalue weighted by molar-refractivity contribution is 5.79. The van der Waals surface area contributed by atoms with E-state index in [1.54, 1.807) is 0 Å². The second-order valence-corrected chi connectivity index (χ2v) is 6.04. The third kappa shape index (κ3) is 8.90. The van der Waals surface area contributed by atoms with Gasteiger partial charge in [-0.1, -0.05) is 13.8 Å². The average Bonchev–Trinajstić information content (AvgIpc) is 2.57. The highest BCUT2D eigenvalue weighted by atomic mass is 16.6. The summed E-state index contributed by atoms with van der Waals surface area (Å²) in [4.78, 5) is 14.5. The number of rotatable bonds is 10. The number of hydrogen-bond acceptors (Lipinski definition) is 5. The molecule has 1 atom stereocenters. The van der Waals surface area contributed by atoms with Crippen molar-refractivity contribution in [2.45, 2.75) is 33.3 Å². The van der Waals surface area contributed by atoms with Crippen LogP contribution < -0.4 is 15.4 Å². The van der Waals surface area contributed by atoms with Crippen molar-refractivity contribution in [3.63, 3.8) is 0 Å². The lowest BCUT2D eigenvalue weighted by Gasteiger charge is -2.14. The Morgan fingerprint density at radius 2 is 2.00 bits per heavy atom. The molecule has 8 heteroatoms. The number of ether oxygens (including phenoxy) is 1. The van der Waals surface area contributed by atoms with Crippen LogP contribution in [0.2, 0.25) is 0 Å². The van der Waals surface area contributed by atoms with Crippen molar-refractivity contribution in [1.82, 2.24) is 10.6 Å². The van der Waals surface area contributed by atoms with Crippen molar-refractivity contribution >= 4 is 11.6 Å². The van der Waals surface area contributed by atoms with Crippen LogP contribution in [0.15, 0.2) is 29.3 Å². The second-order valence-electron chi connectivity index (χ2n) is 6.04. The summed E-state index contributed by atoms with van der Waals surface area (Å²) in [7, 11) is 0. The zero-order valence-corrected chi connectivity index (χ0v) is 15.1. The van der Waals surface area contributed by atoms with Gasteiger partial charge in [-0.3, -0.25) is 15.1 Å². The van der Waals surface area contributed by atoms with Gasteiger partial charge in [0.15, 0.2) is 5.96 Å². The molecule has 3 N–H and O–H groups in total. The van der Waals surface area contributed by atoms with Gasteiger partial charge in [-0.2, -0.15) is 0 Å². The molecule has 0 saturated heterocycles. The van der Waals surface area contributed by atoms with E-state index in [0.717, 1.165) is 19.5 Å². The topological polar surface area (TPSA) is 109 Å². The maximum Gasteiger partial charge on any atom is 0.269 e. The van der Waals surface area contributed by atoms with Crippen LogP contribution in [0.5, 0.6) is 5.75 Å². The molecular weight excluding hydrogens is 324 g/mol. The molecule has 25 heavy (non-hydrogen) atoms. The standard InChI is InChI=1S/C17H28N4O4/c1-4-18-17(19-10-9-13(2)3)20-11-15(22)12-25-16-7-5-14(6-8-16)21(23)24/h5-8,13,15,22H,4,9-12H2,1-3H3,(H2,18,19,20). The SMILES string of the molecule is CCNC(=NCC(O)COc1ccc([N+](=O)[O-])cc1)NCCC(C)C. The van der Waals surface area contributed by atoms with Crippen LogP contribution >= 0.6 is 0 Å². The molecule has 1 aromatic carbocycles. The summed E-state index contributed by atoms with van der Waals surface area (Å²) in [5, 5.41) is 26.9. The van der Waals surface area contributed by atoms with Gasteiger partial charge in [-0.05, 0) is 31.4 Å². The zero-order valence-electron chi connectivity index (χ0n) is 15.1. The summed E-state index contributed by atoms with van der Waals surface area (Å²) < 4.78 is 5.42. The quantitative estimate of drug-likeness (QED) is 0.257. The fourth-order valence-electron chi connectivity index (χ4n) is 1.93. The Hall–Kier alpha value is -2.35. The Kier molecular flexibility index (Phi) is 9.31. The van der Waals surface area contributed by atoms with E-state index in [1.165, 1.54) is 24.3 Å². The summed E-state index contributed by atoms with van der Waals surface area (Å²) in [5.74, 6) is 1.74. The molecule has 0 aliphatic rings. The molecule has 1 aromatic rings. The Balaban J connectivity index is 2.41. The fraction of sp³-hybridized carbons (Fsp3) is 0.588. The highest BCUT2D eigenvalue weighted by Gasteiger charge is 2.08. The van der Waals surface area contributed by atoms with E-state index in [2.05, 4.69) is 29.5 Å². The first-order chi connectivity index (χ1) is 11.9. The summed E-state index contributed by atoms with van der Waals surface area (Å²) in [6.45, 7) is 8.11. The summed E-state index contributed by atoms with van der Waals surface area (Å²) in [6.07, 6.45) is 0.270. The number of guanidine groups is 1. The molecule has 0 saturated carbocycles. The third-order valence-electron chi connectivity index (χ3n) is 3.31. The molecule has 0 radical (unpaired) electrons. The normalized spacial score (nSPS) is 12.8. The summed E-state index contributed by atoms with van der Waals surface area (Å²) in [5.41, 5.74) is 0.000234. The first-order valence-electron chi connectivity index (χ1n) is 8.49. The Morgan fingerprint density at radius 1 is 1.32 bits per heavy atom. The Labute approximate surface area is 148 Å². The maximum atomic E-state index is 10.6. The number of hydrogen-bond donors (Lipinski definition) is 3. The van der Waals surface area contributed by atoms with Crippen LogP contribution in [0, 0.1) is 16.0 Å². The number of aliphatic imine (C=N–C) groups is 1. The van der Waals surface area contributed by atoms with Crippen LogP contribution in [0.3, 0.4) is 0 Å². The third-order valence-corrected chi connectivity index (χ3v) is 3.31. The lowest BCUT2D eigenvalue weighted by atomic mass is 10.1. The van der Waals surface area contributed by atoms with Crippen molar-refractivity contribution in [1.29, 1.82) is 0 Å². The molecule has 0 heterocycles. The van der Waals surface area contributed by atoms with Crippen LogP contribution in [-0.2, 0) is 0 Å². The van der Waals surface area contributed by atoms with Gasteiger partial charge in [0, 0.05) is 25.2 Å². The molecular formula is C17H28N4O4. The number of nitrogens with zero attached hydrogens (tertiary/aromatic N) is 2. The van der Waals surface area contributed by atoms with E-state index >= 15 is 0 Å². The number of nitrogens with one attached hydrogen (secondary N) is 2. The predicted octanol–water partition coefficient (Wildman–Crippen LogP) is 1.94. The minimum absolute atomic E-state index is 0.000234. The lowest BCUT2D eigenvalue weighted by Crippen LogP contribution is -2.39. The van der Waals surface area contributed by atoms with Crippen molar-refractivity contribution < 1.29 is 14.8 Å². The van der Waals surface area contributed by atoms with E-state index in [9.17, 15) is 15.2 Å². The minimum atomic E-state index is -0.768. The van der Waals surface area contributed by atoms with Gasteiger partial charge in [0.25, 0.3) is 5.69 Å². The Morgan fingerprint density at radius 3 is 2.56 bits per heavy atom.